The second-order valence-corrected chi connectivity index (χ2v) is 10.1. The lowest BCUT2D eigenvalue weighted by atomic mass is 10.2. The molecule has 11 heteroatoms. The molecular weight excluding hydrogens is 436 g/mol. The van der Waals surface area contributed by atoms with Gasteiger partial charge in [-0.1, -0.05) is 0 Å². The highest BCUT2D eigenvalue weighted by molar-refractivity contribution is 7.89. The zero-order chi connectivity index (χ0) is 22.9. The van der Waals surface area contributed by atoms with Crippen molar-refractivity contribution in [1.82, 2.24) is 19.0 Å². The van der Waals surface area contributed by atoms with Crippen molar-refractivity contribution in [2.24, 2.45) is 0 Å². The SMILES string of the molecule is O=C(CN1C(=O)CCC1=O)N1CCN(C(=O)c2ccc(S(=O)(=O)N3CCCC3)cc2)CC1. The number of rotatable bonds is 5. The lowest BCUT2D eigenvalue weighted by molar-refractivity contribution is -0.146. The molecule has 1 aromatic carbocycles. The highest BCUT2D eigenvalue weighted by atomic mass is 32.2. The summed E-state index contributed by atoms with van der Waals surface area (Å²) in [5.74, 6) is -1.19. The fraction of sp³-hybridized carbons (Fsp3) is 0.524. The van der Waals surface area contributed by atoms with Crippen LogP contribution in [0.4, 0.5) is 0 Å². The number of piperazine rings is 1. The van der Waals surface area contributed by atoms with Crippen LogP contribution >= 0.6 is 0 Å². The Balaban J connectivity index is 1.33. The number of amides is 4. The van der Waals surface area contributed by atoms with Crippen LogP contribution in [0.2, 0.25) is 0 Å². The molecule has 0 spiro atoms. The first-order valence-corrected chi connectivity index (χ1v) is 12.2. The number of benzene rings is 1. The zero-order valence-electron chi connectivity index (χ0n) is 17.7. The van der Waals surface area contributed by atoms with Gasteiger partial charge in [0.2, 0.25) is 27.7 Å². The molecule has 3 fully saturated rings. The first kappa shape index (κ1) is 22.4. The number of carbonyl (C=O) groups is 4. The standard InChI is InChI=1S/C21H26N4O6S/c26-18-7-8-19(27)25(18)15-20(28)22-11-13-23(14-12-22)21(29)16-3-5-17(6-4-16)32(30,31)24-9-1-2-10-24/h3-6H,1-2,7-15H2. The van der Waals surface area contributed by atoms with Crippen molar-refractivity contribution in [3.63, 3.8) is 0 Å². The molecule has 0 aliphatic carbocycles. The van der Waals surface area contributed by atoms with Crippen LogP contribution in [0, 0.1) is 0 Å². The molecule has 0 saturated carbocycles. The summed E-state index contributed by atoms with van der Waals surface area (Å²) >= 11 is 0. The Kier molecular flexibility index (Phi) is 6.29. The lowest BCUT2D eigenvalue weighted by Crippen LogP contribution is -2.53. The summed E-state index contributed by atoms with van der Waals surface area (Å²) in [4.78, 5) is 53.0. The van der Waals surface area contributed by atoms with Gasteiger partial charge in [0.1, 0.15) is 6.54 Å². The van der Waals surface area contributed by atoms with E-state index in [2.05, 4.69) is 0 Å². The van der Waals surface area contributed by atoms with Crippen molar-refractivity contribution >= 4 is 33.7 Å². The Labute approximate surface area is 186 Å². The number of imide groups is 1. The topological polar surface area (TPSA) is 115 Å². The van der Waals surface area contributed by atoms with Crippen molar-refractivity contribution in [1.29, 1.82) is 0 Å². The van der Waals surface area contributed by atoms with E-state index in [4.69, 9.17) is 0 Å². The molecule has 0 atom stereocenters. The smallest absolute Gasteiger partial charge is 0.253 e. The second-order valence-electron chi connectivity index (χ2n) is 8.18. The van der Waals surface area contributed by atoms with E-state index in [0.717, 1.165) is 17.7 Å². The summed E-state index contributed by atoms with van der Waals surface area (Å²) < 4.78 is 26.7. The maximum atomic E-state index is 12.8. The molecule has 1 aromatic rings. The fourth-order valence-corrected chi connectivity index (χ4v) is 5.74. The van der Waals surface area contributed by atoms with Crippen LogP contribution in [0.5, 0.6) is 0 Å². The maximum absolute atomic E-state index is 12.8. The number of nitrogens with zero attached hydrogens (tertiary/aromatic N) is 4. The summed E-state index contributed by atoms with van der Waals surface area (Å²) in [5, 5.41) is 0. The molecule has 3 aliphatic rings. The fourth-order valence-electron chi connectivity index (χ4n) is 4.22. The van der Waals surface area contributed by atoms with E-state index in [1.165, 1.54) is 28.6 Å². The van der Waals surface area contributed by atoms with Crippen LogP contribution in [0.15, 0.2) is 29.2 Å². The molecule has 3 saturated heterocycles. The normalized spacial score (nSPS) is 20.3. The van der Waals surface area contributed by atoms with Gasteiger partial charge in [-0.3, -0.25) is 24.1 Å². The van der Waals surface area contributed by atoms with E-state index in [9.17, 15) is 27.6 Å². The van der Waals surface area contributed by atoms with E-state index >= 15 is 0 Å². The summed E-state index contributed by atoms with van der Waals surface area (Å²) in [5.41, 5.74) is 0.387. The largest absolute Gasteiger partial charge is 0.338 e. The van der Waals surface area contributed by atoms with Gasteiger partial charge in [-0.15, -0.1) is 0 Å². The van der Waals surface area contributed by atoms with Crippen molar-refractivity contribution in [2.75, 3.05) is 45.8 Å². The van der Waals surface area contributed by atoms with E-state index in [1.807, 2.05) is 0 Å². The number of carbonyl (C=O) groups excluding carboxylic acids is 4. The highest BCUT2D eigenvalue weighted by Gasteiger charge is 2.33. The number of likely N-dealkylation sites (tertiary alicyclic amines) is 1. The number of hydrogen-bond donors (Lipinski definition) is 0. The van der Waals surface area contributed by atoms with Crippen molar-refractivity contribution in [2.45, 2.75) is 30.6 Å². The zero-order valence-corrected chi connectivity index (χ0v) is 18.6. The van der Waals surface area contributed by atoms with E-state index in [-0.39, 0.29) is 47.9 Å². The summed E-state index contributed by atoms with van der Waals surface area (Å²) in [6, 6.07) is 5.97. The highest BCUT2D eigenvalue weighted by Crippen LogP contribution is 2.22. The predicted octanol–water partition coefficient (Wildman–Crippen LogP) is -0.0955. The van der Waals surface area contributed by atoms with Crippen LogP contribution < -0.4 is 0 Å². The van der Waals surface area contributed by atoms with Crippen LogP contribution in [-0.2, 0) is 24.4 Å². The van der Waals surface area contributed by atoms with Gasteiger partial charge in [0.25, 0.3) is 5.91 Å². The third-order valence-electron chi connectivity index (χ3n) is 6.17. The number of hydrogen-bond acceptors (Lipinski definition) is 6. The first-order valence-electron chi connectivity index (χ1n) is 10.8. The van der Waals surface area contributed by atoms with Crippen molar-refractivity contribution in [3.8, 4) is 0 Å². The average Bonchev–Trinajstić information content (AvgIpc) is 3.46. The molecule has 0 aromatic heterocycles. The summed E-state index contributed by atoms with van der Waals surface area (Å²) in [6.07, 6.45) is 2.00. The third-order valence-corrected chi connectivity index (χ3v) is 8.08. The molecule has 0 radical (unpaired) electrons. The minimum atomic E-state index is -3.53. The van der Waals surface area contributed by atoms with Crippen LogP contribution in [0.1, 0.15) is 36.0 Å². The van der Waals surface area contributed by atoms with Crippen molar-refractivity contribution in [3.05, 3.63) is 29.8 Å². The Morgan fingerprint density at radius 3 is 1.88 bits per heavy atom. The minimum Gasteiger partial charge on any atom is -0.338 e. The average molecular weight is 463 g/mol. The second kappa shape index (κ2) is 8.99. The maximum Gasteiger partial charge on any atom is 0.253 e. The van der Waals surface area contributed by atoms with E-state index in [1.54, 1.807) is 9.80 Å². The molecular formula is C21H26N4O6S. The minimum absolute atomic E-state index is 0.145. The van der Waals surface area contributed by atoms with E-state index in [0.29, 0.717) is 44.8 Å². The van der Waals surface area contributed by atoms with Gasteiger partial charge in [0, 0.05) is 57.7 Å². The molecule has 172 valence electrons. The van der Waals surface area contributed by atoms with Gasteiger partial charge < -0.3 is 9.80 Å². The van der Waals surface area contributed by atoms with Gasteiger partial charge in [0.05, 0.1) is 4.90 Å². The molecule has 3 heterocycles. The van der Waals surface area contributed by atoms with E-state index < -0.39 is 10.0 Å². The van der Waals surface area contributed by atoms with Crippen LogP contribution in [0.25, 0.3) is 0 Å². The van der Waals surface area contributed by atoms with Gasteiger partial charge in [-0.05, 0) is 37.1 Å². The van der Waals surface area contributed by atoms with Gasteiger partial charge in [-0.25, -0.2) is 8.42 Å². The van der Waals surface area contributed by atoms with Crippen molar-refractivity contribution < 1.29 is 27.6 Å². The molecule has 10 nitrogen and oxygen atoms in total. The Morgan fingerprint density at radius 1 is 0.781 bits per heavy atom. The van der Waals surface area contributed by atoms with Gasteiger partial charge >= 0.3 is 0 Å². The first-order chi connectivity index (χ1) is 15.3. The molecule has 0 bridgehead atoms. The molecule has 4 amide bonds. The van der Waals surface area contributed by atoms with Crippen LogP contribution in [-0.4, -0.2) is 96.9 Å². The van der Waals surface area contributed by atoms with Gasteiger partial charge in [-0.2, -0.15) is 4.31 Å². The Bertz CT molecular complexity index is 1010. The molecule has 3 aliphatic heterocycles. The molecule has 4 rings (SSSR count). The quantitative estimate of drug-likeness (QED) is 0.565. The van der Waals surface area contributed by atoms with Crippen LogP contribution in [0.3, 0.4) is 0 Å². The summed E-state index contributed by atoms with van der Waals surface area (Å²) in [7, 11) is -3.53. The third kappa shape index (κ3) is 4.40. The molecule has 32 heavy (non-hydrogen) atoms. The Hall–Kier alpha value is -2.79. The monoisotopic (exact) mass is 462 g/mol. The lowest BCUT2D eigenvalue weighted by Gasteiger charge is -2.35. The number of sulfonamides is 1. The predicted molar refractivity (Wildman–Crippen MR) is 113 cm³/mol. The molecule has 0 N–H and O–H groups in total. The van der Waals surface area contributed by atoms with Gasteiger partial charge in [0.15, 0.2) is 0 Å². The summed E-state index contributed by atoms with van der Waals surface area (Å²) in [6.45, 7) is 2.04. The molecule has 0 unspecified atom stereocenters. The Morgan fingerprint density at radius 2 is 1.31 bits per heavy atom.